The average molecular weight is 730 g/mol. The Morgan fingerprint density at radius 3 is 1.51 bits per heavy atom. The zero-order valence-electron chi connectivity index (χ0n) is 31.0. The molecule has 0 radical (unpaired) electrons. The fourth-order valence-electron chi connectivity index (χ4n) is 8.81. The van der Waals surface area contributed by atoms with Gasteiger partial charge in [-0.15, -0.1) is 0 Å². The third-order valence-electron chi connectivity index (χ3n) is 11.4. The summed E-state index contributed by atoms with van der Waals surface area (Å²) < 4.78 is 13.7. The topological polar surface area (TPSA) is 31.4 Å². The van der Waals surface area contributed by atoms with Gasteiger partial charge in [0.15, 0.2) is 23.0 Å². The Labute approximate surface area is 332 Å². The summed E-state index contributed by atoms with van der Waals surface area (Å²) in [6.45, 7) is 0. The summed E-state index contributed by atoms with van der Waals surface area (Å²) in [5, 5.41) is 0. The van der Waals surface area contributed by atoms with E-state index >= 15 is 0 Å². The fraction of sp³-hybridized carbons (Fsp3) is 0.0185. The lowest BCUT2D eigenvalue weighted by molar-refractivity contribution is 0.360. The van der Waals surface area contributed by atoms with Crippen molar-refractivity contribution in [1.82, 2.24) is 4.98 Å². The van der Waals surface area contributed by atoms with Gasteiger partial charge in [0.05, 0.1) is 16.8 Å². The van der Waals surface area contributed by atoms with E-state index in [4.69, 9.17) is 14.5 Å². The lowest BCUT2D eigenvalue weighted by Crippen LogP contribution is -2.28. The van der Waals surface area contributed by atoms with Crippen LogP contribution in [0.25, 0.3) is 55.9 Å². The van der Waals surface area contributed by atoms with E-state index in [0.717, 1.165) is 50.5 Å². The SMILES string of the molecule is c1ccc(-c2ccc(-c3cc(-c4ccccc4)cc(-c4ccc5c(c4)Oc4c(ccc6c4-c4ccccc4C6(c4ccccc4)c4ccccc4)O5)n3)cc2)cc1. The van der Waals surface area contributed by atoms with Crippen LogP contribution >= 0.6 is 0 Å². The third-order valence-corrected chi connectivity index (χ3v) is 11.4. The van der Waals surface area contributed by atoms with Crippen LogP contribution in [0.4, 0.5) is 0 Å². The number of fused-ring (bicyclic) bond motifs is 6. The first kappa shape index (κ1) is 32.9. The number of pyridine rings is 1. The van der Waals surface area contributed by atoms with Gasteiger partial charge in [-0.2, -0.15) is 0 Å². The number of ether oxygens (including phenoxy) is 2. The summed E-state index contributed by atoms with van der Waals surface area (Å²) in [6.07, 6.45) is 0. The maximum absolute atomic E-state index is 7.04. The quantitative estimate of drug-likeness (QED) is 0.171. The van der Waals surface area contributed by atoms with E-state index in [2.05, 4.69) is 194 Å². The highest BCUT2D eigenvalue weighted by molar-refractivity contribution is 5.92. The van der Waals surface area contributed by atoms with Gasteiger partial charge in [0, 0.05) is 16.7 Å². The molecule has 3 nitrogen and oxygen atoms in total. The van der Waals surface area contributed by atoms with Gasteiger partial charge in [-0.3, -0.25) is 0 Å². The van der Waals surface area contributed by atoms with Gasteiger partial charge in [0.2, 0.25) is 0 Å². The van der Waals surface area contributed by atoms with Crippen LogP contribution in [0, 0.1) is 0 Å². The molecule has 268 valence electrons. The van der Waals surface area contributed by atoms with Gasteiger partial charge in [0.25, 0.3) is 0 Å². The molecular weight excluding hydrogens is 695 g/mol. The van der Waals surface area contributed by atoms with Crippen molar-refractivity contribution in [1.29, 1.82) is 0 Å². The second-order valence-corrected chi connectivity index (χ2v) is 14.6. The predicted molar refractivity (Wildman–Crippen MR) is 230 cm³/mol. The first-order valence-corrected chi connectivity index (χ1v) is 19.4. The average Bonchev–Trinajstić information content (AvgIpc) is 3.61. The Morgan fingerprint density at radius 1 is 0.333 bits per heavy atom. The number of nitrogens with zero attached hydrogens (tertiary/aromatic N) is 1. The molecule has 3 heteroatoms. The van der Waals surface area contributed by atoms with E-state index in [-0.39, 0.29) is 0 Å². The van der Waals surface area contributed by atoms with Crippen LogP contribution in [-0.2, 0) is 5.41 Å². The first-order valence-electron chi connectivity index (χ1n) is 19.4. The molecule has 0 saturated carbocycles. The predicted octanol–water partition coefficient (Wildman–Crippen LogP) is 14.0. The number of hydrogen-bond acceptors (Lipinski definition) is 3. The van der Waals surface area contributed by atoms with Crippen molar-refractivity contribution in [3.05, 3.63) is 235 Å². The van der Waals surface area contributed by atoms with Crippen molar-refractivity contribution in [3.63, 3.8) is 0 Å². The Kier molecular flexibility index (Phi) is 7.71. The molecule has 1 aliphatic carbocycles. The second kappa shape index (κ2) is 13.4. The third kappa shape index (κ3) is 5.39. The van der Waals surface area contributed by atoms with Gasteiger partial charge in [0.1, 0.15) is 0 Å². The lowest BCUT2D eigenvalue weighted by Gasteiger charge is -2.34. The molecular formula is C54H35NO2. The lowest BCUT2D eigenvalue weighted by atomic mass is 9.68. The monoisotopic (exact) mass is 729 g/mol. The molecule has 0 bridgehead atoms. The minimum Gasteiger partial charge on any atom is -0.449 e. The van der Waals surface area contributed by atoms with Gasteiger partial charge < -0.3 is 9.47 Å². The standard InChI is InChI=1S/C54H35NO2/c1-5-15-36(16-6-1)38-25-27-39(28-26-38)47-33-41(37-17-7-2-8-18-37)34-48(55-47)40-29-31-49-51(35-40)57-53-50(56-49)32-30-46-52(53)44-23-13-14-24-45(44)54(46,42-19-9-3-10-20-42)43-21-11-4-12-22-43/h1-35H. The van der Waals surface area contributed by atoms with Crippen molar-refractivity contribution in [2.24, 2.45) is 0 Å². The first-order chi connectivity index (χ1) is 28.2. The summed E-state index contributed by atoms with van der Waals surface area (Å²) >= 11 is 0. The molecule has 1 aliphatic heterocycles. The zero-order chi connectivity index (χ0) is 37.8. The molecule has 0 atom stereocenters. The molecule has 1 aromatic heterocycles. The second-order valence-electron chi connectivity index (χ2n) is 14.6. The van der Waals surface area contributed by atoms with Gasteiger partial charge in [-0.05, 0) is 86.5 Å². The molecule has 0 fully saturated rings. The molecule has 0 saturated heterocycles. The summed E-state index contributed by atoms with van der Waals surface area (Å²) in [6, 6.07) is 74.7. The molecule has 0 N–H and O–H groups in total. The highest BCUT2D eigenvalue weighted by Gasteiger charge is 2.48. The fourth-order valence-corrected chi connectivity index (χ4v) is 8.81. The Morgan fingerprint density at radius 2 is 0.842 bits per heavy atom. The molecule has 8 aromatic carbocycles. The van der Waals surface area contributed by atoms with Crippen LogP contribution in [0.2, 0.25) is 0 Å². The van der Waals surface area contributed by atoms with Crippen LogP contribution < -0.4 is 9.47 Å². The molecule has 11 rings (SSSR count). The largest absolute Gasteiger partial charge is 0.449 e. The summed E-state index contributed by atoms with van der Waals surface area (Å²) in [4.78, 5) is 5.27. The minimum absolute atomic E-state index is 0.535. The minimum atomic E-state index is -0.535. The van der Waals surface area contributed by atoms with Crippen LogP contribution in [0.3, 0.4) is 0 Å². The summed E-state index contributed by atoms with van der Waals surface area (Å²) in [7, 11) is 0. The molecule has 0 spiro atoms. The normalized spacial score (nSPS) is 13.0. The van der Waals surface area contributed by atoms with Crippen molar-refractivity contribution >= 4 is 0 Å². The van der Waals surface area contributed by atoms with Crippen molar-refractivity contribution in [2.75, 3.05) is 0 Å². The molecule has 9 aromatic rings. The van der Waals surface area contributed by atoms with Crippen molar-refractivity contribution in [3.8, 4) is 78.9 Å². The molecule has 0 amide bonds. The highest BCUT2D eigenvalue weighted by atomic mass is 16.6. The Balaban J connectivity index is 1.03. The molecule has 2 heterocycles. The van der Waals surface area contributed by atoms with E-state index in [1.165, 1.54) is 33.4 Å². The number of hydrogen-bond donors (Lipinski definition) is 0. The van der Waals surface area contributed by atoms with E-state index in [1.807, 2.05) is 18.2 Å². The van der Waals surface area contributed by atoms with E-state index < -0.39 is 5.41 Å². The van der Waals surface area contributed by atoms with Crippen LogP contribution in [0.1, 0.15) is 22.3 Å². The summed E-state index contributed by atoms with van der Waals surface area (Å²) in [5.74, 6) is 2.75. The number of aromatic nitrogens is 1. The zero-order valence-corrected chi connectivity index (χ0v) is 31.0. The number of rotatable bonds is 6. The van der Waals surface area contributed by atoms with Crippen LogP contribution in [-0.4, -0.2) is 4.98 Å². The smallest absolute Gasteiger partial charge is 0.178 e. The van der Waals surface area contributed by atoms with E-state index in [0.29, 0.717) is 17.2 Å². The van der Waals surface area contributed by atoms with Gasteiger partial charge in [-0.25, -0.2) is 4.98 Å². The van der Waals surface area contributed by atoms with E-state index in [9.17, 15) is 0 Å². The maximum atomic E-state index is 7.04. The van der Waals surface area contributed by atoms with E-state index in [1.54, 1.807) is 0 Å². The molecule has 2 aliphatic rings. The Hall–Kier alpha value is -7.49. The van der Waals surface area contributed by atoms with Crippen molar-refractivity contribution < 1.29 is 9.47 Å². The maximum Gasteiger partial charge on any atom is 0.178 e. The summed E-state index contributed by atoms with van der Waals surface area (Å²) in [5.41, 5.74) is 14.8. The Bertz CT molecular complexity index is 2880. The van der Waals surface area contributed by atoms with Gasteiger partial charge >= 0.3 is 0 Å². The van der Waals surface area contributed by atoms with Crippen LogP contribution in [0.5, 0.6) is 23.0 Å². The van der Waals surface area contributed by atoms with Gasteiger partial charge in [-0.1, -0.05) is 176 Å². The highest BCUT2D eigenvalue weighted by Crippen LogP contribution is 2.62. The van der Waals surface area contributed by atoms with Crippen molar-refractivity contribution in [2.45, 2.75) is 5.41 Å². The van der Waals surface area contributed by atoms with Crippen LogP contribution in [0.15, 0.2) is 212 Å². The molecule has 0 unspecified atom stereocenters. The molecule has 57 heavy (non-hydrogen) atoms. The number of benzene rings is 8.